The summed E-state index contributed by atoms with van der Waals surface area (Å²) in [5, 5.41) is 3.49. The summed E-state index contributed by atoms with van der Waals surface area (Å²) in [7, 11) is 0. The molecule has 17 heavy (non-hydrogen) atoms. The van der Waals surface area contributed by atoms with E-state index in [1.54, 1.807) is 0 Å². The van der Waals surface area contributed by atoms with Gasteiger partial charge in [-0.05, 0) is 13.3 Å². The summed E-state index contributed by atoms with van der Waals surface area (Å²) in [6, 6.07) is 0.0543. The van der Waals surface area contributed by atoms with E-state index in [1.807, 2.05) is 6.92 Å². The normalized spacial score (nSPS) is 16.4. The minimum atomic E-state index is -0.0192. The first-order chi connectivity index (χ1) is 8.15. The molecule has 1 aliphatic heterocycles. The van der Waals surface area contributed by atoms with Crippen LogP contribution < -0.4 is 11.1 Å². The highest BCUT2D eigenvalue weighted by Crippen LogP contribution is 2.27. The molecule has 0 spiro atoms. The highest BCUT2D eigenvalue weighted by Gasteiger charge is 2.16. The van der Waals surface area contributed by atoms with Crippen molar-refractivity contribution in [1.29, 1.82) is 0 Å². The van der Waals surface area contributed by atoms with Crippen LogP contribution in [0.4, 0.5) is 5.13 Å². The van der Waals surface area contributed by atoms with Gasteiger partial charge in [0, 0.05) is 18.9 Å². The summed E-state index contributed by atoms with van der Waals surface area (Å²) in [5.74, 6) is -0.0192. The Hall–Kier alpha value is -0.980. The van der Waals surface area contributed by atoms with E-state index < -0.39 is 0 Å². The lowest BCUT2D eigenvalue weighted by Crippen LogP contribution is -2.19. The molecular weight excluding hydrogens is 238 g/mol. The van der Waals surface area contributed by atoms with Crippen molar-refractivity contribution in [3.63, 3.8) is 0 Å². The van der Waals surface area contributed by atoms with E-state index in [2.05, 4.69) is 10.3 Å². The smallest absolute Gasteiger partial charge is 0.226 e. The van der Waals surface area contributed by atoms with Gasteiger partial charge >= 0.3 is 0 Å². The molecule has 0 radical (unpaired) electrons. The molecule has 1 amide bonds. The summed E-state index contributed by atoms with van der Waals surface area (Å²) in [4.78, 5) is 17.1. The number of aromatic nitrogens is 1. The van der Waals surface area contributed by atoms with Gasteiger partial charge in [0.1, 0.15) is 0 Å². The third-order valence-corrected chi connectivity index (χ3v) is 3.55. The molecule has 1 aliphatic rings. The number of nitrogens with zero attached hydrogens (tertiary/aromatic N) is 1. The van der Waals surface area contributed by atoms with Crippen molar-refractivity contribution >= 4 is 22.4 Å². The maximum Gasteiger partial charge on any atom is 0.226 e. The number of fused-ring (bicyclic) bond motifs is 1. The lowest BCUT2D eigenvalue weighted by molar-refractivity contribution is -0.116. The largest absolute Gasteiger partial charge is 0.375 e. The Kier molecular flexibility index (Phi) is 4.09. The Bertz CT molecular complexity index is 380. The van der Waals surface area contributed by atoms with Gasteiger partial charge in [-0.25, -0.2) is 4.98 Å². The van der Waals surface area contributed by atoms with Crippen LogP contribution in [0.1, 0.15) is 30.3 Å². The number of thiazole rings is 1. The van der Waals surface area contributed by atoms with Gasteiger partial charge in [-0.2, -0.15) is 0 Å². The molecule has 1 aromatic heterocycles. The Morgan fingerprint density at radius 1 is 1.71 bits per heavy atom. The highest BCUT2D eigenvalue weighted by molar-refractivity contribution is 7.15. The summed E-state index contributed by atoms with van der Waals surface area (Å²) in [6.45, 7) is 3.23. The number of carbonyl (C=O) groups excluding carboxylic acids is 1. The van der Waals surface area contributed by atoms with Crippen LogP contribution in [-0.4, -0.2) is 23.5 Å². The van der Waals surface area contributed by atoms with E-state index in [-0.39, 0.29) is 11.9 Å². The van der Waals surface area contributed by atoms with Gasteiger partial charge in [-0.15, -0.1) is 0 Å². The van der Waals surface area contributed by atoms with Gasteiger partial charge in [0.05, 0.1) is 23.8 Å². The van der Waals surface area contributed by atoms with Crippen LogP contribution in [0.3, 0.4) is 0 Å². The number of hydrogen-bond acceptors (Lipinski definition) is 5. The summed E-state index contributed by atoms with van der Waals surface area (Å²) < 4.78 is 5.33. The van der Waals surface area contributed by atoms with Crippen molar-refractivity contribution < 1.29 is 9.53 Å². The second kappa shape index (κ2) is 5.57. The minimum Gasteiger partial charge on any atom is -0.375 e. The van der Waals surface area contributed by atoms with E-state index in [1.165, 1.54) is 11.3 Å². The van der Waals surface area contributed by atoms with Crippen LogP contribution in [0.5, 0.6) is 0 Å². The van der Waals surface area contributed by atoms with Crippen molar-refractivity contribution in [3.05, 3.63) is 10.6 Å². The predicted molar refractivity (Wildman–Crippen MR) is 67.0 cm³/mol. The predicted octanol–water partition coefficient (Wildman–Crippen LogP) is 1.28. The van der Waals surface area contributed by atoms with E-state index in [0.29, 0.717) is 24.6 Å². The summed E-state index contributed by atoms with van der Waals surface area (Å²) in [5.41, 5.74) is 6.66. The maximum atomic E-state index is 11.6. The Morgan fingerprint density at radius 2 is 2.53 bits per heavy atom. The van der Waals surface area contributed by atoms with Gasteiger partial charge in [0.2, 0.25) is 5.91 Å². The van der Waals surface area contributed by atoms with Crippen molar-refractivity contribution in [2.24, 2.45) is 5.73 Å². The van der Waals surface area contributed by atoms with Crippen molar-refractivity contribution in [1.82, 2.24) is 4.98 Å². The fourth-order valence-corrected chi connectivity index (χ4v) is 2.58. The summed E-state index contributed by atoms with van der Waals surface area (Å²) >= 11 is 1.50. The van der Waals surface area contributed by atoms with Crippen LogP contribution in [0, 0.1) is 0 Å². The van der Waals surface area contributed by atoms with E-state index in [9.17, 15) is 4.79 Å². The van der Waals surface area contributed by atoms with E-state index in [4.69, 9.17) is 10.5 Å². The lowest BCUT2D eigenvalue weighted by Gasteiger charge is -2.08. The van der Waals surface area contributed by atoms with Gasteiger partial charge < -0.3 is 15.8 Å². The molecule has 1 aromatic rings. The summed E-state index contributed by atoms with van der Waals surface area (Å²) in [6.07, 6.45) is 1.97. The number of rotatable bonds is 4. The first kappa shape index (κ1) is 12.5. The zero-order valence-electron chi connectivity index (χ0n) is 9.86. The Labute approximate surface area is 104 Å². The SMILES string of the molecule is CC(N)CCC(=O)Nc1nc2c(s1)COCC2. The van der Waals surface area contributed by atoms with E-state index >= 15 is 0 Å². The average Bonchev–Trinajstić information content (AvgIpc) is 2.68. The molecule has 1 unspecified atom stereocenters. The molecule has 0 aliphatic carbocycles. The van der Waals surface area contributed by atoms with Crippen molar-refractivity contribution in [3.8, 4) is 0 Å². The number of anilines is 1. The molecule has 6 heteroatoms. The topological polar surface area (TPSA) is 77.2 Å². The van der Waals surface area contributed by atoms with Crippen LogP contribution in [0.2, 0.25) is 0 Å². The van der Waals surface area contributed by atoms with Crippen molar-refractivity contribution in [2.75, 3.05) is 11.9 Å². The van der Waals surface area contributed by atoms with Gasteiger partial charge in [0.25, 0.3) is 0 Å². The molecule has 3 N–H and O–H groups in total. The second-order valence-electron chi connectivity index (χ2n) is 4.26. The number of carbonyl (C=O) groups is 1. The highest BCUT2D eigenvalue weighted by atomic mass is 32.1. The van der Waals surface area contributed by atoms with Crippen LogP contribution >= 0.6 is 11.3 Å². The third kappa shape index (κ3) is 3.49. The van der Waals surface area contributed by atoms with E-state index in [0.717, 1.165) is 23.6 Å². The zero-order valence-corrected chi connectivity index (χ0v) is 10.7. The van der Waals surface area contributed by atoms with Crippen LogP contribution in [-0.2, 0) is 22.6 Å². The molecule has 0 fully saturated rings. The first-order valence-electron chi connectivity index (χ1n) is 5.77. The monoisotopic (exact) mass is 255 g/mol. The molecule has 1 atom stereocenters. The van der Waals surface area contributed by atoms with Gasteiger partial charge in [0.15, 0.2) is 5.13 Å². The van der Waals surface area contributed by atoms with Crippen LogP contribution in [0.25, 0.3) is 0 Å². The van der Waals surface area contributed by atoms with Crippen LogP contribution in [0.15, 0.2) is 0 Å². The molecule has 5 nitrogen and oxygen atoms in total. The number of hydrogen-bond donors (Lipinski definition) is 2. The molecule has 2 rings (SSSR count). The number of nitrogens with two attached hydrogens (primary N) is 1. The quantitative estimate of drug-likeness (QED) is 0.849. The standard InChI is InChI=1S/C11H17N3O2S/c1-7(12)2-3-10(15)14-11-13-8-4-5-16-6-9(8)17-11/h7H,2-6,12H2,1H3,(H,13,14,15). The fourth-order valence-electron chi connectivity index (χ4n) is 1.62. The first-order valence-corrected chi connectivity index (χ1v) is 6.58. The zero-order chi connectivity index (χ0) is 12.3. The number of ether oxygens (including phenoxy) is 1. The molecule has 0 saturated heterocycles. The number of amides is 1. The number of nitrogens with one attached hydrogen (secondary N) is 1. The Morgan fingerprint density at radius 3 is 3.24 bits per heavy atom. The molecule has 0 aromatic carbocycles. The van der Waals surface area contributed by atoms with Gasteiger partial charge in [-0.3, -0.25) is 4.79 Å². The average molecular weight is 255 g/mol. The molecule has 0 saturated carbocycles. The fraction of sp³-hybridized carbons (Fsp3) is 0.636. The Balaban J connectivity index is 1.90. The maximum absolute atomic E-state index is 11.6. The molecular formula is C11H17N3O2S. The van der Waals surface area contributed by atoms with Crippen molar-refractivity contribution in [2.45, 2.75) is 38.8 Å². The third-order valence-electron chi connectivity index (χ3n) is 2.57. The lowest BCUT2D eigenvalue weighted by atomic mass is 10.2. The molecule has 2 heterocycles. The minimum absolute atomic E-state index is 0.0192. The molecule has 94 valence electrons. The molecule has 0 bridgehead atoms. The van der Waals surface area contributed by atoms with Gasteiger partial charge in [-0.1, -0.05) is 11.3 Å². The second-order valence-corrected chi connectivity index (χ2v) is 5.34.